The Morgan fingerprint density at radius 2 is 2.10 bits per heavy atom. The minimum atomic E-state index is 0. The summed E-state index contributed by atoms with van der Waals surface area (Å²) < 4.78 is 0. The number of carbonyl (C=O) groups excluding carboxylic acids is 1. The molecule has 1 amide bonds. The predicted octanol–water partition coefficient (Wildman–Crippen LogP) is 2.35. The SMILES string of the molecule is CNC1CCCN(C(=O)C2CCc3ccccc32)C1.Cl. The molecule has 1 aromatic carbocycles. The van der Waals surface area contributed by atoms with Crippen molar-refractivity contribution in [2.24, 2.45) is 0 Å². The number of hydrogen-bond acceptors (Lipinski definition) is 2. The van der Waals surface area contributed by atoms with Gasteiger partial charge < -0.3 is 10.2 Å². The summed E-state index contributed by atoms with van der Waals surface area (Å²) in [6, 6.07) is 8.88. The Labute approximate surface area is 127 Å². The van der Waals surface area contributed by atoms with Crippen molar-refractivity contribution in [2.45, 2.75) is 37.6 Å². The second-order valence-corrected chi connectivity index (χ2v) is 5.70. The predicted molar refractivity (Wildman–Crippen MR) is 83.4 cm³/mol. The van der Waals surface area contributed by atoms with Gasteiger partial charge in [-0.3, -0.25) is 4.79 Å². The van der Waals surface area contributed by atoms with Crippen molar-refractivity contribution in [2.75, 3.05) is 20.1 Å². The van der Waals surface area contributed by atoms with Crippen LogP contribution >= 0.6 is 12.4 Å². The molecule has 110 valence electrons. The molecule has 1 saturated heterocycles. The molecule has 2 unspecified atom stereocenters. The molecular formula is C16H23ClN2O. The van der Waals surface area contributed by atoms with Crippen LogP contribution in [0.2, 0.25) is 0 Å². The average molecular weight is 295 g/mol. The Morgan fingerprint density at radius 1 is 1.30 bits per heavy atom. The maximum Gasteiger partial charge on any atom is 0.230 e. The molecular weight excluding hydrogens is 272 g/mol. The van der Waals surface area contributed by atoms with E-state index in [0.29, 0.717) is 11.9 Å². The van der Waals surface area contributed by atoms with Gasteiger partial charge in [-0.1, -0.05) is 24.3 Å². The molecule has 3 nitrogen and oxygen atoms in total. The number of aryl methyl sites for hydroxylation is 1. The number of nitrogens with one attached hydrogen (secondary N) is 1. The maximum absolute atomic E-state index is 12.7. The monoisotopic (exact) mass is 294 g/mol. The minimum Gasteiger partial charge on any atom is -0.341 e. The van der Waals surface area contributed by atoms with Crippen LogP contribution in [0.1, 0.15) is 36.3 Å². The fourth-order valence-corrected chi connectivity index (χ4v) is 3.45. The molecule has 0 bridgehead atoms. The van der Waals surface area contributed by atoms with E-state index < -0.39 is 0 Å². The Balaban J connectivity index is 0.00000147. The lowest BCUT2D eigenvalue weighted by atomic mass is 9.97. The molecule has 2 aliphatic rings. The molecule has 20 heavy (non-hydrogen) atoms. The highest BCUT2D eigenvalue weighted by Gasteiger charge is 2.33. The van der Waals surface area contributed by atoms with Crippen molar-refractivity contribution < 1.29 is 4.79 Å². The van der Waals surface area contributed by atoms with Crippen LogP contribution in [0.5, 0.6) is 0 Å². The minimum absolute atomic E-state index is 0. The Kier molecular flexibility index (Phi) is 5.06. The molecule has 0 spiro atoms. The Hall–Kier alpha value is -1.06. The first-order valence-electron chi connectivity index (χ1n) is 7.33. The van der Waals surface area contributed by atoms with Gasteiger partial charge in [0.05, 0.1) is 5.92 Å². The number of hydrogen-bond donors (Lipinski definition) is 1. The summed E-state index contributed by atoms with van der Waals surface area (Å²) >= 11 is 0. The van der Waals surface area contributed by atoms with E-state index in [1.165, 1.54) is 17.5 Å². The molecule has 1 heterocycles. The number of carbonyl (C=O) groups is 1. The van der Waals surface area contributed by atoms with Gasteiger partial charge in [-0.2, -0.15) is 0 Å². The van der Waals surface area contributed by atoms with E-state index in [1.54, 1.807) is 0 Å². The third kappa shape index (κ3) is 2.84. The van der Waals surface area contributed by atoms with E-state index in [2.05, 4.69) is 34.5 Å². The van der Waals surface area contributed by atoms with Crippen LogP contribution in [0.4, 0.5) is 0 Å². The van der Waals surface area contributed by atoms with Crippen molar-refractivity contribution in [1.82, 2.24) is 10.2 Å². The second-order valence-electron chi connectivity index (χ2n) is 5.70. The smallest absolute Gasteiger partial charge is 0.230 e. The van der Waals surface area contributed by atoms with Crippen LogP contribution in [-0.4, -0.2) is 37.0 Å². The topological polar surface area (TPSA) is 32.3 Å². The lowest BCUT2D eigenvalue weighted by molar-refractivity contribution is -0.134. The summed E-state index contributed by atoms with van der Waals surface area (Å²) in [6.45, 7) is 1.80. The van der Waals surface area contributed by atoms with Gasteiger partial charge in [0.2, 0.25) is 5.91 Å². The molecule has 1 aromatic rings. The average Bonchev–Trinajstić information content (AvgIpc) is 2.90. The molecule has 0 aromatic heterocycles. The van der Waals surface area contributed by atoms with E-state index in [9.17, 15) is 4.79 Å². The first kappa shape index (κ1) is 15.3. The van der Waals surface area contributed by atoms with Gasteiger partial charge in [-0.05, 0) is 43.9 Å². The number of fused-ring (bicyclic) bond motifs is 1. The summed E-state index contributed by atoms with van der Waals surface area (Å²) in [5.41, 5.74) is 2.63. The van der Waals surface area contributed by atoms with E-state index in [0.717, 1.165) is 32.4 Å². The summed E-state index contributed by atoms with van der Waals surface area (Å²) in [6.07, 6.45) is 4.34. The van der Waals surface area contributed by atoms with E-state index >= 15 is 0 Å². The first-order chi connectivity index (χ1) is 9.29. The number of likely N-dealkylation sites (tertiary alicyclic amines) is 1. The number of nitrogens with zero attached hydrogens (tertiary/aromatic N) is 1. The lowest BCUT2D eigenvalue weighted by Crippen LogP contribution is -2.48. The molecule has 1 N–H and O–H groups in total. The maximum atomic E-state index is 12.7. The van der Waals surface area contributed by atoms with Crippen LogP contribution in [0.3, 0.4) is 0 Å². The van der Waals surface area contributed by atoms with Gasteiger partial charge in [0.1, 0.15) is 0 Å². The molecule has 1 aliphatic carbocycles. The van der Waals surface area contributed by atoms with Crippen molar-refractivity contribution in [3.8, 4) is 0 Å². The largest absolute Gasteiger partial charge is 0.341 e. The summed E-state index contributed by atoms with van der Waals surface area (Å²) in [4.78, 5) is 14.8. The zero-order valence-corrected chi connectivity index (χ0v) is 12.8. The summed E-state index contributed by atoms with van der Waals surface area (Å²) in [5.74, 6) is 0.441. The molecule has 0 radical (unpaired) electrons. The molecule has 3 rings (SSSR count). The normalized spacial score (nSPS) is 24.9. The molecule has 2 atom stereocenters. The van der Waals surface area contributed by atoms with Crippen LogP contribution in [0, 0.1) is 0 Å². The van der Waals surface area contributed by atoms with Gasteiger partial charge in [-0.25, -0.2) is 0 Å². The van der Waals surface area contributed by atoms with Crippen LogP contribution in [0.15, 0.2) is 24.3 Å². The zero-order chi connectivity index (χ0) is 13.2. The van der Waals surface area contributed by atoms with Crippen LogP contribution < -0.4 is 5.32 Å². The van der Waals surface area contributed by atoms with Gasteiger partial charge in [0.15, 0.2) is 0 Å². The number of amides is 1. The van der Waals surface area contributed by atoms with Crippen molar-refractivity contribution >= 4 is 18.3 Å². The highest BCUT2D eigenvalue weighted by atomic mass is 35.5. The Bertz CT molecular complexity index is 477. The van der Waals surface area contributed by atoms with Crippen molar-refractivity contribution in [3.05, 3.63) is 35.4 Å². The second kappa shape index (κ2) is 6.59. The van der Waals surface area contributed by atoms with Crippen LogP contribution in [0.25, 0.3) is 0 Å². The standard InChI is InChI=1S/C16H22N2O.ClH/c1-17-13-6-4-10-18(11-13)16(19)15-9-8-12-5-2-3-7-14(12)15;/h2-3,5,7,13,15,17H,4,6,8-11H2,1H3;1H. The molecule has 4 heteroatoms. The van der Waals surface area contributed by atoms with E-state index in [-0.39, 0.29) is 18.3 Å². The van der Waals surface area contributed by atoms with Gasteiger partial charge in [-0.15, -0.1) is 12.4 Å². The molecule has 1 fully saturated rings. The highest BCUT2D eigenvalue weighted by Crippen LogP contribution is 2.34. The van der Waals surface area contributed by atoms with Crippen LogP contribution in [-0.2, 0) is 11.2 Å². The fraction of sp³-hybridized carbons (Fsp3) is 0.562. The Morgan fingerprint density at radius 3 is 2.90 bits per heavy atom. The van der Waals surface area contributed by atoms with Gasteiger partial charge in [0.25, 0.3) is 0 Å². The van der Waals surface area contributed by atoms with Gasteiger partial charge in [0, 0.05) is 19.1 Å². The number of rotatable bonds is 2. The zero-order valence-electron chi connectivity index (χ0n) is 12.0. The summed E-state index contributed by atoms with van der Waals surface area (Å²) in [5, 5.41) is 3.30. The van der Waals surface area contributed by atoms with Gasteiger partial charge >= 0.3 is 0 Å². The molecule has 1 aliphatic heterocycles. The number of halogens is 1. The third-order valence-electron chi connectivity index (χ3n) is 4.57. The molecule has 0 saturated carbocycles. The lowest BCUT2D eigenvalue weighted by Gasteiger charge is -2.34. The van der Waals surface area contributed by atoms with E-state index in [4.69, 9.17) is 0 Å². The number of benzene rings is 1. The fourth-order valence-electron chi connectivity index (χ4n) is 3.45. The number of likely N-dealkylation sites (N-methyl/N-ethyl adjacent to an activating group) is 1. The van der Waals surface area contributed by atoms with Crippen molar-refractivity contribution in [1.29, 1.82) is 0 Å². The quantitative estimate of drug-likeness (QED) is 0.908. The van der Waals surface area contributed by atoms with E-state index in [1.807, 2.05) is 7.05 Å². The third-order valence-corrected chi connectivity index (χ3v) is 4.57. The highest BCUT2D eigenvalue weighted by molar-refractivity contribution is 5.85. The van der Waals surface area contributed by atoms with Crippen molar-refractivity contribution in [3.63, 3.8) is 0 Å². The first-order valence-corrected chi connectivity index (χ1v) is 7.33. The summed E-state index contributed by atoms with van der Waals surface area (Å²) in [7, 11) is 1.99. The number of piperidine rings is 1.